The molecule has 4 nitrogen and oxygen atoms in total. The van der Waals surface area contributed by atoms with Gasteiger partial charge in [0.1, 0.15) is 0 Å². The van der Waals surface area contributed by atoms with Gasteiger partial charge in [0.15, 0.2) is 0 Å². The van der Waals surface area contributed by atoms with Gasteiger partial charge in [0.05, 0.1) is 19.6 Å². The van der Waals surface area contributed by atoms with E-state index in [0.717, 1.165) is 48.2 Å². The van der Waals surface area contributed by atoms with E-state index in [1.54, 1.807) is 0 Å². The number of fused-ring (bicyclic) bond motifs is 12. The Bertz CT molecular complexity index is 513. The molecule has 8 atom stereocenters. The summed E-state index contributed by atoms with van der Waals surface area (Å²) in [7, 11) is 1.31. The fourth-order valence-electron chi connectivity index (χ4n) is 6.64. The van der Waals surface area contributed by atoms with Crippen molar-refractivity contribution in [1.82, 2.24) is 0 Å². The predicted molar refractivity (Wildman–Crippen MR) is 79.6 cm³/mol. The maximum absolute atomic E-state index is 11.8. The minimum atomic E-state index is -0.394. The van der Waals surface area contributed by atoms with Crippen molar-refractivity contribution in [3.05, 3.63) is 12.7 Å². The maximum Gasteiger partial charge on any atom is 0.329 e. The molecule has 8 unspecified atom stereocenters. The second-order valence-electron chi connectivity index (χ2n) is 7.60. The monoisotopic (exact) mass is 304 g/mol. The summed E-state index contributed by atoms with van der Waals surface area (Å²) in [5, 5.41) is 0. The van der Waals surface area contributed by atoms with Crippen molar-refractivity contribution in [1.29, 1.82) is 0 Å². The van der Waals surface area contributed by atoms with Gasteiger partial charge < -0.3 is 9.47 Å². The molecule has 4 heteroatoms. The van der Waals surface area contributed by atoms with E-state index in [1.807, 2.05) is 0 Å². The molecule has 4 saturated carbocycles. The number of ether oxygens (including phenoxy) is 2. The molecule has 5 fully saturated rings. The molecule has 120 valence electrons. The van der Waals surface area contributed by atoms with Crippen molar-refractivity contribution < 1.29 is 19.1 Å². The van der Waals surface area contributed by atoms with E-state index in [2.05, 4.69) is 11.3 Å². The summed E-state index contributed by atoms with van der Waals surface area (Å²) >= 11 is 0. The summed E-state index contributed by atoms with van der Waals surface area (Å²) in [5.41, 5.74) is 0. The lowest BCUT2D eigenvalue weighted by Gasteiger charge is -2.38. The summed E-state index contributed by atoms with van der Waals surface area (Å²) in [4.78, 5) is 21.7. The van der Waals surface area contributed by atoms with Gasteiger partial charge in [-0.05, 0) is 61.2 Å². The van der Waals surface area contributed by atoms with E-state index < -0.39 is 5.97 Å². The van der Waals surface area contributed by atoms with E-state index in [9.17, 15) is 9.59 Å². The van der Waals surface area contributed by atoms with E-state index in [-0.39, 0.29) is 5.97 Å². The van der Waals surface area contributed by atoms with Gasteiger partial charge in [0, 0.05) is 12.0 Å². The quantitative estimate of drug-likeness (QED) is 0.424. The smallest absolute Gasteiger partial charge is 0.329 e. The van der Waals surface area contributed by atoms with Crippen LogP contribution in [0.4, 0.5) is 0 Å². The largest absolute Gasteiger partial charge is 0.466 e. The Labute approximate surface area is 131 Å². The van der Waals surface area contributed by atoms with Crippen molar-refractivity contribution >= 4 is 11.9 Å². The Morgan fingerprint density at radius 2 is 1.86 bits per heavy atom. The average Bonchev–Trinajstić information content (AvgIpc) is 3.30. The van der Waals surface area contributed by atoms with Crippen LogP contribution in [0.25, 0.3) is 0 Å². The van der Waals surface area contributed by atoms with Gasteiger partial charge in [0.25, 0.3) is 0 Å². The molecule has 0 radical (unpaired) electrons. The van der Waals surface area contributed by atoms with Crippen LogP contribution in [0.5, 0.6) is 0 Å². The Kier molecular flexibility index (Phi) is 3.31. The van der Waals surface area contributed by atoms with Crippen LogP contribution in [0.15, 0.2) is 12.7 Å². The molecule has 1 heterocycles. The first kappa shape index (κ1) is 14.3. The Morgan fingerprint density at radius 1 is 1.18 bits per heavy atom. The van der Waals surface area contributed by atoms with Crippen molar-refractivity contribution in [2.45, 2.75) is 25.7 Å². The molecule has 0 aromatic rings. The van der Waals surface area contributed by atoms with Crippen LogP contribution in [-0.4, -0.2) is 25.7 Å². The highest BCUT2D eigenvalue weighted by molar-refractivity contribution is 5.80. The highest BCUT2D eigenvalue weighted by Gasteiger charge is 2.68. The van der Waals surface area contributed by atoms with Crippen LogP contribution in [-0.2, 0) is 19.1 Å². The molecule has 0 aromatic carbocycles. The zero-order valence-electron chi connectivity index (χ0n) is 13.1. The Hall–Kier alpha value is -1.32. The van der Waals surface area contributed by atoms with Crippen molar-refractivity contribution in [2.75, 3.05) is 13.7 Å². The maximum atomic E-state index is 11.8. The van der Waals surface area contributed by atoms with E-state index in [4.69, 9.17) is 4.74 Å². The number of hydrogen-bond acceptors (Lipinski definition) is 4. The van der Waals surface area contributed by atoms with Crippen LogP contribution in [0, 0.1) is 47.3 Å². The number of hydrogen-bond donors (Lipinski definition) is 0. The lowest BCUT2D eigenvalue weighted by atomic mass is 9.64. The third-order valence-corrected chi connectivity index (χ3v) is 7.11. The molecular formula is C18H24O4. The highest BCUT2D eigenvalue weighted by Crippen LogP contribution is 2.71. The van der Waals surface area contributed by atoms with E-state index in [0.29, 0.717) is 11.8 Å². The molecule has 1 aliphatic heterocycles. The average molecular weight is 304 g/mol. The summed E-state index contributed by atoms with van der Waals surface area (Å²) < 4.78 is 9.46. The molecule has 0 aromatic heterocycles. The minimum absolute atomic E-state index is 0.152. The molecule has 0 spiro atoms. The first-order valence-corrected chi connectivity index (χ1v) is 8.52. The van der Waals surface area contributed by atoms with Gasteiger partial charge in [0.2, 0.25) is 0 Å². The van der Waals surface area contributed by atoms with Gasteiger partial charge in [-0.2, -0.15) is 0 Å². The fraction of sp³-hybridized carbons (Fsp3) is 0.778. The molecule has 5 rings (SSSR count). The lowest BCUT2D eigenvalue weighted by Crippen LogP contribution is -2.38. The van der Waals surface area contributed by atoms with Crippen molar-refractivity contribution in [3.63, 3.8) is 0 Å². The van der Waals surface area contributed by atoms with Crippen molar-refractivity contribution in [3.8, 4) is 0 Å². The Morgan fingerprint density at radius 3 is 2.45 bits per heavy atom. The van der Waals surface area contributed by atoms with E-state index in [1.165, 1.54) is 32.8 Å². The second-order valence-corrected chi connectivity index (χ2v) is 7.60. The summed E-state index contributed by atoms with van der Waals surface area (Å²) in [6.07, 6.45) is 6.92. The van der Waals surface area contributed by atoms with Gasteiger partial charge in [-0.3, -0.25) is 4.79 Å². The zero-order valence-corrected chi connectivity index (χ0v) is 13.1. The molecule has 22 heavy (non-hydrogen) atoms. The Balaban J connectivity index is 0.000000182. The number of esters is 2. The summed E-state index contributed by atoms with van der Waals surface area (Å²) in [6.45, 7) is 3.91. The molecule has 0 amide bonds. The van der Waals surface area contributed by atoms with Gasteiger partial charge in [-0.25, -0.2) is 4.79 Å². The normalized spacial score (nSPS) is 49.0. The zero-order chi connectivity index (χ0) is 15.4. The first-order valence-electron chi connectivity index (χ1n) is 8.52. The SMILES string of the molecule is C=CC(=O)OC.O=C1OCC2C3CC(C12)C1C2CCC(C2)C31. The second kappa shape index (κ2) is 5.10. The number of carbonyl (C=O) groups excluding carboxylic acids is 2. The minimum Gasteiger partial charge on any atom is -0.466 e. The molecule has 4 aliphatic carbocycles. The summed E-state index contributed by atoms with van der Waals surface area (Å²) in [5.74, 6) is 6.24. The topological polar surface area (TPSA) is 52.6 Å². The number of methoxy groups -OCH3 is 1. The molecule has 0 N–H and O–H groups in total. The van der Waals surface area contributed by atoms with Crippen LogP contribution in [0.2, 0.25) is 0 Å². The van der Waals surface area contributed by atoms with E-state index >= 15 is 0 Å². The molecule has 4 bridgehead atoms. The van der Waals surface area contributed by atoms with Gasteiger partial charge >= 0.3 is 11.9 Å². The molecular weight excluding hydrogens is 280 g/mol. The van der Waals surface area contributed by atoms with Crippen molar-refractivity contribution in [2.24, 2.45) is 47.3 Å². The summed E-state index contributed by atoms with van der Waals surface area (Å²) in [6, 6.07) is 0. The van der Waals surface area contributed by atoms with Crippen LogP contribution in [0.3, 0.4) is 0 Å². The highest BCUT2D eigenvalue weighted by atomic mass is 16.5. The third-order valence-electron chi connectivity index (χ3n) is 7.11. The predicted octanol–water partition coefficient (Wildman–Crippen LogP) is 2.43. The third kappa shape index (κ3) is 1.82. The van der Waals surface area contributed by atoms with Gasteiger partial charge in [-0.1, -0.05) is 6.58 Å². The van der Waals surface area contributed by atoms with Crippen LogP contribution < -0.4 is 0 Å². The lowest BCUT2D eigenvalue weighted by molar-refractivity contribution is -0.143. The number of cyclic esters (lactones) is 1. The first-order chi connectivity index (χ1) is 10.7. The van der Waals surface area contributed by atoms with Crippen LogP contribution in [0.1, 0.15) is 25.7 Å². The number of carbonyl (C=O) groups is 2. The number of rotatable bonds is 1. The van der Waals surface area contributed by atoms with Crippen LogP contribution >= 0.6 is 0 Å². The molecule has 1 saturated heterocycles. The molecule has 5 aliphatic rings. The van der Waals surface area contributed by atoms with Gasteiger partial charge in [-0.15, -0.1) is 0 Å². The fourth-order valence-corrected chi connectivity index (χ4v) is 6.64. The standard InChI is InChI=1S/C14H18O2.C4H6O2/c15-14-13-9-4-8(10(13)5-16-14)11-6-1-2-7(3-6)12(9)11;1-3-4(5)6-2/h6-13H,1-5H2;3H,1H2,2H3.